The van der Waals surface area contributed by atoms with Gasteiger partial charge in [0.1, 0.15) is 12.1 Å². The van der Waals surface area contributed by atoms with Gasteiger partial charge in [-0.25, -0.2) is 0 Å². The summed E-state index contributed by atoms with van der Waals surface area (Å²) in [5, 5.41) is 17.2. The largest absolute Gasteiger partial charge is 0.480 e. The predicted molar refractivity (Wildman–Crippen MR) is 41.9 cm³/mol. The summed E-state index contributed by atoms with van der Waals surface area (Å²) in [6, 6.07) is -1.59. The SMILES string of the molecule is N[C@H](C(=O)O)[C@H](O)C(Cl)(Cl)Cl. The fraction of sp³-hybridized carbons (Fsp3) is 0.750. The number of carbonyl (C=O) groups is 1. The molecule has 2 atom stereocenters. The summed E-state index contributed by atoms with van der Waals surface area (Å²) >= 11 is 15.5. The number of hydrogen-bond acceptors (Lipinski definition) is 3. The Labute approximate surface area is 77.8 Å². The second kappa shape index (κ2) is 3.78. The number of alkyl halides is 3. The van der Waals surface area contributed by atoms with Gasteiger partial charge in [-0.3, -0.25) is 4.79 Å². The van der Waals surface area contributed by atoms with Crippen LogP contribution in [0.15, 0.2) is 0 Å². The molecule has 0 spiro atoms. The van der Waals surface area contributed by atoms with E-state index in [1.807, 2.05) is 0 Å². The second-order valence-corrected chi connectivity index (χ2v) is 4.22. The van der Waals surface area contributed by atoms with E-state index >= 15 is 0 Å². The summed E-state index contributed by atoms with van der Waals surface area (Å²) in [6.07, 6.45) is -1.72. The molecule has 0 unspecified atom stereocenters. The maximum absolute atomic E-state index is 10.1. The molecule has 7 heteroatoms. The molecule has 0 fully saturated rings. The minimum atomic E-state index is -2.07. The predicted octanol–water partition coefficient (Wildman–Crippen LogP) is 0.129. The lowest BCUT2D eigenvalue weighted by Crippen LogP contribution is -2.48. The highest BCUT2D eigenvalue weighted by Crippen LogP contribution is 2.31. The Morgan fingerprint density at radius 1 is 1.45 bits per heavy atom. The molecule has 0 aliphatic rings. The van der Waals surface area contributed by atoms with Crippen LogP contribution in [-0.4, -0.2) is 32.1 Å². The molecule has 0 aliphatic heterocycles. The van der Waals surface area contributed by atoms with E-state index < -0.39 is 21.9 Å². The van der Waals surface area contributed by atoms with E-state index in [0.717, 1.165) is 0 Å². The van der Waals surface area contributed by atoms with E-state index in [2.05, 4.69) is 0 Å². The number of nitrogens with two attached hydrogens (primary N) is 1. The first kappa shape index (κ1) is 11.3. The first-order valence-corrected chi connectivity index (χ1v) is 3.63. The van der Waals surface area contributed by atoms with E-state index in [0.29, 0.717) is 0 Å². The van der Waals surface area contributed by atoms with Gasteiger partial charge < -0.3 is 15.9 Å². The highest BCUT2D eigenvalue weighted by atomic mass is 35.6. The molecular weight excluding hydrogens is 216 g/mol. The van der Waals surface area contributed by atoms with E-state index in [1.54, 1.807) is 0 Å². The average molecular weight is 222 g/mol. The van der Waals surface area contributed by atoms with E-state index in [9.17, 15) is 4.79 Å². The lowest BCUT2D eigenvalue weighted by molar-refractivity contribution is -0.141. The van der Waals surface area contributed by atoms with Crippen molar-refractivity contribution in [1.29, 1.82) is 0 Å². The van der Waals surface area contributed by atoms with Gasteiger partial charge in [0.25, 0.3) is 0 Å². The molecule has 0 saturated heterocycles. The van der Waals surface area contributed by atoms with Crippen molar-refractivity contribution in [2.45, 2.75) is 15.9 Å². The highest BCUT2D eigenvalue weighted by molar-refractivity contribution is 6.68. The molecule has 0 aliphatic carbocycles. The first-order valence-electron chi connectivity index (χ1n) is 2.50. The van der Waals surface area contributed by atoms with Crippen LogP contribution in [0.5, 0.6) is 0 Å². The van der Waals surface area contributed by atoms with Gasteiger partial charge in [-0.2, -0.15) is 0 Å². The first-order chi connectivity index (χ1) is 4.76. The van der Waals surface area contributed by atoms with Crippen molar-refractivity contribution in [3.05, 3.63) is 0 Å². The van der Waals surface area contributed by atoms with E-state index in [-0.39, 0.29) is 0 Å². The zero-order valence-corrected chi connectivity index (χ0v) is 7.44. The zero-order valence-electron chi connectivity index (χ0n) is 5.17. The number of hydrogen-bond donors (Lipinski definition) is 3. The summed E-state index contributed by atoms with van der Waals surface area (Å²) in [6.45, 7) is 0. The van der Waals surface area contributed by atoms with Crippen LogP contribution >= 0.6 is 34.8 Å². The number of carboxylic acid groups (broad SMARTS) is 1. The molecule has 0 saturated carbocycles. The van der Waals surface area contributed by atoms with Gasteiger partial charge in [0.05, 0.1) is 0 Å². The van der Waals surface area contributed by atoms with Crippen molar-refractivity contribution in [1.82, 2.24) is 0 Å². The number of aliphatic carboxylic acids is 1. The Morgan fingerprint density at radius 2 is 1.82 bits per heavy atom. The van der Waals surface area contributed by atoms with E-state index in [1.165, 1.54) is 0 Å². The minimum Gasteiger partial charge on any atom is -0.480 e. The van der Waals surface area contributed by atoms with Gasteiger partial charge in [0.15, 0.2) is 0 Å². The topological polar surface area (TPSA) is 83.6 Å². The fourth-order valence-electron chi connectivity index (χ4n) is 0.339. The average Bonchev–Trinajstić information content (AvgIpc) is 1.82. The quantitative estimate of drug-likeness (QED) is 0.580. The molecule has 4 nitrogen and oxygen atoms in total. The molecule has 0 aromatic carbocycles. The summed E-state index contributed by atoms with van der Waals surface area (Å²) in [5.41, 5.74) is 4.94. The second-order valence-electron chi connectivity index (χ2n) is 1.85. The summed E-state index contributed by atoms with van der Waals surface area (Å²) in [4.78, 5) is 10.1. The van der Waals surface area contributed by atoms with Gasteiger partial charge >= 0.3 is 5.97 Å². The van der Waals surface area contributed by atoms with Crippen LogP contribution in [0.1, 0.15) is 0 Å². The Morgan fingerprint density at radius 3 is 1.91 bits per heavy atom. The summed E-state index contributed by atoms with van der Waals surface area (Å²) in [5.74, 6) is -1.43. The van der Waals surface area contributed by atoms with E-state index in [4.69, 9.17) is 50.7 Å². The van der Waals surface area contributed by atoms with Gasteiger partial charge in [-0.05, 0) is 0 Å². The highest BCUT2D eigenvalue weighted by Gasteiger charge is 2.38. The number of rotatable bonds is 2. The molecule has 0 aromatic rings. The van der Waals surface area contributed by atoms with Crippen LogP contribution in [0.25, 0.3) is 0 Å². The van der Waals surface area contributed by atoms with Crippen molar-refractivity contribution in [2.24, 2.45) is 5.73 Å². The van der Waals surface area contributed by atoms with Gasteiger partial charge in [0, 0.05) is 0 Å². The van der Waals surface area contributed by atoms with Crippen LogP contribution in [0.2, 0.25) is 0 Å². The Kier molecular flexibility index (Phi) is 3.87. The maximum Gasteiger partial charge on any atom is 0.323 e. The molecular formula is C4H6Cl3NO3. The Hall–Kier alpha value is 0.260. The molecule has 0 radical (unpaired) electrons. The molecule has 0 aromatic heterocycles. The third-order valence-electron chi connectivity index (χ3n) is 0.961. The third-order valence-corrected chi connectivity index (χ3v) is 1.63. The Balaban J connectivity index is 4.25. The third kappa shape index (κ3) is 3.44. The normalized spacial score (nSPS) is 17.5. The Bertz CT molecular complexity index is 157. The number of aliphatic hydroxyl groups excluding tert-OH is 1. The van der Waals surface area contributed by atoms with Crippen LogP contribution in [-0.2, 0) is 4.79 Å². The molecule has 66 valence electrons. The van der Waals surface area contributed by atoms with Crippen LogP contribution in [0.3, 0.4) is 0 Å². The van der Waals surface area contributed by atoms with Crippen molar-refractivity contribution in [3.63, 3.8) is 0 Å². The van der Waals surface area contributed by atoms with Gasteiger partial charge in [0.2, 0.25) is 3.79 Å². The number of halogens is 3. The van der Waals surface area contributed by atoms with Gasteiger partial charge in [-0.1, -0.05) is 34.8 Å². The standard InChI is InChI=1S/C4H6Cl3NO3/c5-4(6,7)2(9)1(8)3(10)11/h1-2,9H,8H2,(H,10,11)/t1-,2-/m0/s1. The molecule has 0 amide bonds. The summed E-state index contributed by atoms with van der Waals surface area (Å²) in [7, 11) is 0. The molecule has 11 heavy (non-hydrogen) atoms. The van der Waals surface area contributed by atoms with Crippen LogP contribution in [0, 0.1) is 0 Å². The zero-order chi connectivity index (χ0) is 9.23. The molecule has 0 rings (SSSR count). The van der Waals surface area contributed by atoms with Crippen LogP contribution < -0.4 is 5.73 Å². The van der Waals surface area contributed by atoms with Crippen molar-refractivity contribution < 1.29 is 15.0 Å². The fourth-order valence-corrected chi connectivity index (χ4v) is 0.746. The minimum absolute atomic E-state index is 1.43. The lowest BCUT2D eigenvalue weighted by atomic mass is 10.2. The van der Waals surface area contributed by atoms with Crippen molar-refractivity contribution in [3.8, 4) is 0 Å². The number of carboxylic acids is 1. The summed E-state index contributed by atoms with van der Waals surface area (Å²) < 4.78 is -2.07. The smallest absolute Gasteiger partial charge is 0.323 e. The number of aliphatic hydroxyl groups is 1. The molecule has 4 N–H and O–H groups in total. The van der Waals surface area contributed by atoms with Crippen LogP contribution in [0.4, 0.5) is 0 Å². The van der Waals surface area contributed by atoms with Crippen molar-refractivity contribution in [2.75, 3.05) is 0 Å². The monoisotopic (exact) mass is 221 g/mol. The van der Waals surface area contributed by atoms with Crippen molar-refractivity contribution >= 4 is 40.8 Å². The molecule has 0 heterocycles. The van der Waals surface area contributed by atoms with Gasteiger partial charge in [-0.15, -0.1) is 0 Å². The lowest BCUT2D eigenvalue weighted by Gasteiger charge is -2.21. The maximum atomic E-state index is 10.1. The molecule has 0 bridgehead atoms.